The first-order valence-corrected chi connectivity index (χ1v) is 5.77. The van der Waals surface area contributed by atoms with Gasteiger partial charge >= 0.3 is 0 Å². The Hall–Kier alpha value is -1.30. The predicted molar refractivity (Wildman–Crippen MR) is 63.6 cm³/mol. The third kappa shape index (κ3) is 3.09. The molecule has 6 nitrogen and oxygen atoms in total. The summed E-state index contributed by atoms with van der Waals surface area (Å²) in [5.74, 6) is -0.942. The predicted octanol–water partition coefficient (Wildman–Crippen LogP) is -0.0117. The fourth-order valence-electron chi connectivity index (χ4n) is 2.15. The van der Waals surface area contributed by atoms with Gasteiger partial charge in [0.2, 0.25) is 5.91 Å². The summed E-state index contributed by atoms with van der Waals surface area (Å²) >= 11 is 0. The maximum atomic E-state index is 12.2. The number of amides is 1. The largest absolute Gasteiger partial charge is 0.409 e. The zero-order valence-corrected chi connectivity index (χ0v) is 10.6. The van der Waals surface area contributed by atoms with Crippen LogP contribution in [-0.4, -0.2) is 45.6 Å². The number of nitrogens with two attached hydrogens (primary N) is 1. The third-order valence-electron chi connectivity index (χ3n) is 3.13. The number of rotatable bonds is 3. The fraction of sp³-hybridized carbons (Fsp3) is 0.818. The van der Waals surface area contributed by atoms with E-state index in [9.17, 15) is 9.90 Å². The van der Waals surface area contributed by atoms with Crippen LogP contribution < -0.4 is 5.73 Å². The lowest BCUT2D eigenvalue weighted by atomic mass is 9.93. The van der Waals surface area contributed by atoms with Gasteiger partial charge in [0.15, 0.2) is 5.84 Å². The number of oxime groups is 1. The van der Waals surface area contributed by atoms with Gasteiger partial charge in [0, 0.05) is 13.1 Å². The van der Waals surface area contributed by atoms with Crippen molar-refractivity contribution in [1.82, 2.24) is 4.90 Å². The second kappa shape index (κ2) is 4.91. The summed E-state index contributed by atoms with van der Waals surface area (Å²) in [6, 6.07) is 0. The van der Waals surface area contributed by atoms with Gasteiger partial charge in [-0.3, -0.25) is 4.79 Å². The number of hydrogen-bond donors (Lipinski definition) is 3. The van der Waals surface area contributed by atoms with Gasteiger partial charge in [-0.2, -0.15) is 0 Å². The number of nitrogens with zero attached hydrogens (tertiary/aromatic N) is 2. The molecule has 2 unspecified atom stereocenters. The molecule has 0 aromatic heterocycles. The highest BCUT2D eigenvalue weighted by Crippen LogP contribution is 2.24. The van der Waals surface area contributed by atoms with E-state index >= 15 is 0 Å². The molecule has 0 spiro atoms. The second-order valence-corrected chi connectivity index (χ2v) is 5.25. The molecule has 98 valence electrons. The van der Waals surface area contributed by atoms with Crippen LogP contribution in [0.15, 0.2) is 5.16 Å². The zero-order chi connectivity index (χ0) is 13.2. The molecule has 17 heavy (non-hydrogen) atoms. The maximum absolute atomic E-state index is 12.2. The number of β-amino-alcohol motifs (C(OH)–C–C–N with tert-alkyl or cyclic N) is 1. The van der Waals surface area contributed by atoms with Crippen molar-refractivity contribution < 1.29 is 15.1 Å². The lowest BCUT2D eigenvalue weighted by Crippen LogP contribution is -2.44. The Morgan fingerprint density at radius 2 is 2.12 bits per heavy atom. The standard InChI is InChI=1S/C11H21N3O3/c1-7(2)8(9(12)13-17)10(15)14-5-4-11(3,16)6-14/h7-8,16-17H,4-6H2,1-3H3,(H2,12,13). The van der Waals surface area contributed by atoms with Crippen molar-refractivity contribution >= 4 is 11.7 Å². The first-order valence-electron chi connectivity index (χ1n) is 5.77. The quantitative estimate of drug-likeness (QED) is 0.281. The lowest BCUT2D eigenvalue weighted by Gasteiger charge is -2.25. The summed E-state index contributed by atoms with van der Waals surface area (Å²) in [6.07, 6.45) is 0.555. The Bertz CT molecular complexity index is 326. The third-order valence-corrected chi connectivity index (χ3v) is 3.13. The monoisotopic (exact) mass is 243 g/mol. The normalized spacial score (nSPS) is 27.6. The molecule has 2 atom stereocenters. The smallest absolute Gasteiger partial charge is 0.233 e. The molecule has 0 aliphatic carbocycles. The van der Waals surface area contributed by atoms with Gasteiger partial charge in [-0.25, -0.2) is 0 Å². The number of amidine groups is 1. The van der Waals surface area contributed by atoms with Crippen molar-refractivity contribution in [3.8, 4) is 0 Å². The molecule has 0 aromatic carbocycles. The molecule has 1 amide bonds. The van der Waals surface area contributed by atoms with Gasteiger partial charge in [-0.15, -0.1) is 0 Å². The first-order chi connectivity index (χ1) is 7.78. The summed E-state index contributed by atoms with van der Waals surface area (Å²) < 4.78 is 0. The van der Waals surface area contributed by atoms with Gasteiger partial charge in [-0.05, 0) is 19.3 Å². The van der Waals surface area contributed by atoms with E-state index in [4.69, 9.17) is 10.9 Å². The van der Waals surface area contributed by atoms with Crippen molar-refractivity contribution in [3.05, 3.63) is 0 Å². The van der Waals surface area contributed by atoms with Crippen LogP contribution in [0.2, 0.25) is 0 Å². The SMILES string of the molecule is CC(C)C(C(=O)N1CCC(C)(O)C1)C(N)=NO. The van der Waals surface area contributed by atoms with Crippen molar-refractivity contribution in [3.63, 3.8) is 0 Å². The lowest BCUT2D eigenvalue weighted by molar-refractivity contribution is -0.134. The minimum absolute atomic E-state index is 0.0519. The molecule has 4 N–H and O–H groups in total. The molecule has 1 aliphatic rings. The summed E-state index contributed by atoms with van der Waals surface area (Å²) in [5, 5.41) is 21.4. The topological polar surface area (TPSA) is 99.2 Å². The van der Waals surface area contributed by atoms with Crippen molar-refractivity contribution in [2.45, 2.75) is 32.8 Å². The van der Waals surface area contributed by atoms with Crippen LogP contribution in [-0.2, 0) is 4.79 Å². The molecule has 0 saturated carbocycles. The van der Waals surface area contributed by atoms with E-state index in [0.717, 1.165) is 0 Å². The van der Waals surface area contributed by atoms with Crippen molar-refractivity contribution in [1.29, 1.82) is 0 Å². The highest BCUT2D eigenvalue weighted by atomic mass is 16.4. The molecule has 6 heteroatoms. The Morgan fingerprint density at radius 3 is 2.47 bits per heavy atom. The first kappa shape index (κ1) is 13.8. The minimum atomic E-state index is -0.831. The van der Waals surface area contributed by atoms with Gasteiger partial charge < -0.3 is 20.9 Å². The van der Waals surface area contributed by atoms with Crippen LogP contribution >= 0.6 is 0 Å². The van der Waals surface area contributed by atoms with Crippen LogP contribution in [0, 0.1) is 11.8 Å². The van der Waals surface area contributed by atoms with E-state index in [0.29, 0.717) is 19.5 Å². The van der Waals surface area contributed by atoms with Crippen LogP contribution in [0.1, 0.15) is 27.2 Å². The molecule has 0 radical (unpaired) electrons. The number of hydrogen-bond acceptors (Lipinski definition) is 4. The van der Waals surface area contributed by atoms with Gasteiger partial charge in [0.1, 0.15) is 5.92 Å². The summed E-state index contributed by atoms with van der Waals surface area (Å²) in [6.45, 7) is 6.19. The van der Waals surface area contributed by atoms with E-state index in [1.54, 1.807) is 11.8 Å². The zero-order valence-electron chi connectivity index (χ0n) is 10.6. The molecule has 0 aromatic rings. The Kier molecular flexibility index (Phi) is 3.98. The van der Waals surface area contributed by atoms with Gasteiger partial charge in [0.05, 0.1) is 5.60 Å². The average Bonchev–Trinajstić information content (AvgIpc) is 2.58. The number of carbonyl (C=O) groups excluding carboxylic acids is 1. The van der Waals surface area contributed by atoms with E-state index < -0.39 is 11.5 Å². The van der Waals surface area contributed by atoms with Crippen LogP contribution in [0.4, 0.5) is 0 Å². The second-order valence-electron chi connectivity index (χ2n) is 5.25. The highest BCUT2D eigenvalue weighted by Gasteiger charge is 2.38. The Morgan fingerprint density at radius 1 is 1.53 bits per heavy atom. The van der Waals surface area contributed by atoms with Gasteiger partial charge in [-0.1, -0.05) is 19.0 Å². The molecular formula is C11H21N3O3. The van der Waals surface area contributed by atoms with Crippen LogP contribution in [0.3, 0.4) is 0 Å². The number of likely N-dealkylation sites (tertiary alicyclic amines) is 1. The molecule has 1 heterocycles. The summed E-state index contributed by atoms with van der Waals surface area (Å²) in [7, 11) is 0. The van der Waals surface area contributed by atoms with Crippen molar-refractivity contribution in [2.24, 2.45) is 22.7 Å². The molecule has 0 bridgehead atoms. The molecule has 1 rings (SSSR count). The number of aliphatic hydroxyl groups is 1. The average molecular weight is 243 g/mol. The maximum Gasteiger partial charge on any atom is 0.233 e. The fourth-order valence-corrected chi connectivity index (χ4v) is 2.15. The Balaban J connectivity index is 2.80. The van der Waals surface area contributed by atoms with Gasteiger partial charge in [0.25, 0.3) is 0 Å². The molecule has 1 fully saturated rings. The highest BCUT2D eigenvalue weighted by molar-refractivity contribution is 6.02. The Labute approximate surface area is 101 Å². The molecular weight excluding hydrogens is 222 g/mol. The van der Waals surface area contributed by atoms with Crippen LogP contribution in [0.5, 0.6) is 0 Å². The summed E-state index contributed by atoms with van der Waals surface area (Å²) in [4.78, 5) is 13.8. The summed E-state index contributed by atoms with van der Waals surface area (Å²) in [5.41, 5.74) is 4.71. The van der Waals surface area contributed by atoms with E-state index in [1.165, 1.54) is 0 Å². The van der Waals surface area contributed by atoms with Crippen molar-refractivity contribution in [2.75, 3.05) is 13.1 Å². The molecule has 1 saturated heterocycles. The van der Waals surface area contributed by atoms with E-state index in [1.807, 2.05) is 13.8 Å². The van der Waals surface area contributed by atoms with E-state index in [-0.39, 0.29) is 17.7 Å². The molecule has 1 aliphatic heterocycles. The van der Waals surface area contributed by atoms with E-state index in [2.05, 4.69) is 5.16 Å². The number of carbonyl (C=O) groups is 1. The minimum Gasteiger partial charge on any atom is -0.409 e. The van der Waals surface area contributed by atoms with Crippen LogP contribution in [0.25, 0.3) is 0 Å².